The summed E-state index contributed by atoms with van der Waals surface area (Å²) < 4.78 is 5.20. The van der Waals surface area contributed by atoms with Gasteiger partial charge < -0.3 is 10.3 Å². The van der Waals surface area contributed by atoms with Crippen molar-refractivity contribution in [1.82, 2.24) is 20.3 Å². The molecule has 102 valence electrons. The van der Waals surface area contributed by atoms with Crippen molar-refractivity contribution in [2.24, 2.45) is 0 Å². The van der Waals surface area contributed by atoms with Gasteiger partial charge in [0.1, 0.15) is 11.5 Å². The van der Waals surface area contributed by atoms with E-state index in [0.29, 0.717) is 17.4 Å². The number of H-pyrrole nitrogens is 1. The maximum Gasteiger partial charge on any atom is 0.276 e. The fourth-order valence-corrected chi connectivity index (χ4v) is 3.46. The minimum Gasteiger partial charge on any atom is -0.382 e. The second-order valence-corrected chi connectivity index (χ2v) is 6.08. The van der Waals surface area contributed by atoms with Crippen molar-refractivity contribution >= 4 is 17.6 Å². The first kappa shape index (κ1) is 12.5. The van der Waals surface area contributed by atoms with Crippen LogP contribution < -0.4 is 5.73 Å². The normalized spacial score (nSPS) is 16.8. The Labute approximate surface area is 115 Å². The van der Waals surface area contributed by atoms with Gasteiger partial charge in [-0.2, -0.15) is 21.8 Å². The zero-order chi connectivity index (χ0) is 13.1. The first-order chi connectivity index (χ1) is 9.31. The van der Waals surface area contributed by atoms with Crippen molar-refractivity contribution in [3.63, 3.8) is 0 Å². The van der Waals surface area contributed by atoms with Crippen LogP contribution >= 0.6 is 11.8 Å². The molecule has 6 nitrogen and oxygen atoms in total. The molecule has 0 spiro atoms. The smallest absolute Gasteiger partial charge is 0.276 e. The van der Waals surface area contributed by atoms with Crippen LogP contribution in [-0.2, 0) is 5.75 Å². The largest absolute Gasteiger partial charge is 0.382 e. The number of nitrogens with two attached hydrogens (primary N) is 1. The summed E-state index contributed by atoms with van der Waals surface area (Å²) in [6.45, 7) is 0. The van der Waals surface area contributed by atoms with Crippen LogP contribution in [0.2, 0.25) is 0 Å². The highest BCUT2D eigenvalue weighted by molar-refractivity contribution is 7.99. The molecule has 1 saturated carbocycles. The van der Waals surface area contributed by atoms with Gasteiger partial charge in [0.2, 0.25) is 0 Å². The quantitative estimate of drug-likeness (QED) is 0.893. The summed E-state index contributed by atoms with van der Waals surface area (Å²) in [5.74, 6) is 2.41. The number of thioether (sulfide) groups is 1. The van der Waals surface area contributed by atoms with E-state index in [0.717, 1.165) is 16.8 Å². The molecular formula is C12H17N5OS. The van der Waals surface area contributed by atoms with Crippen molar-refractivity contribution in [2.75, 3.05) is 5.73 Å². The standard InChI is InChI=1S/C12H17N5OS/c13-10-6-9(15-16-10)12-14-11(17-18-12)7-19-8-4-2-1-3-5-8/h6,8H,1-5,7H2,(H3,13,15,16). The molecule has 0 bridgehead atoms. The van der Waals surface area contributed by atoms with Gasteiger partial charge in [-0.3, -0.25) is 5.10 Å². The lowest BCUT2D eigenvalue weighted by Crippen LogP contribution is -2.08. The van der Waals surface area contributed by atoms with Gasteiger partial charge in [-0.15, -0.1) is 0 Å². The Morgan fingerprint density at radius 2 is 2.21 bits per heavy atom. The molecule has 1 aliphatic carbocycles. The maximum atomic E-state index is 5.54. The monoisotopic (exact) mass is 279 g/mol. The number of aromatic nitrogens is 4. The molecule has 0 atom stereocenters. The predicted molar refractivity (Wildman–Crippen MR) is 74.5 cm³/mol. The summed E-state index contributed by atoms with van der Waals surface area (Å²) in [6.07, 6.45) is 6.70. The van der Waals surface area contributed by atoms with Crippen molar-refractivity contribution in [2.45, 2.75) is 43.1 Å². The van der Waals surface area contributed by atoms with E-state index in [4.69, 9.17) is 10.3 Å². The van der Waals surface area contributed by atoms with Crippen molar-refractivity contribution in [3.8, 4) is 11.6 Å². The van der Waals surface area contributed by atoms with Gasteiger partial charge in [-0.05, 0) is 12.8 Å². The van der Waals surface area contributed by atoms with E-state index in [1.807, 2.05) is 11.8 Å². The second-order valence-electron chi connectivity index (χ2n) is 4.79. The van der Waals surface area contributed by atoms with Gasteiger partial charge in [0.15, 0.2) is 5.82 Å². The lowest BCUT2D eigenvalue weighted by Gasteiger charge is -2.19. The van der Waals surface area contributed by atoms with E-state index in [1.165, 1.54) is 32.1 Å². The number of rotatable bonds is 4. The molecule has 1 fully saturated rings. The molecule has 0 radical (unpaired) electrons. The zero-order valence-electron chi connectivity index (χ0n) is 10.6. The van der Waals surface area contributed by atoms with Gasteiger partial charge in [-0.25, -0.2) is 0 Å². The molecule has 1 aliphatic rings. The average Bonchev–Trinajstić information content (AvgIpc) is 3.06. The molecule has 0 saturated heterocycles. The topological polar surface area (TPSA) is 93.6 Å². The second kappa shape index (κ2) is 5.64. The summed E-state index contributed by atoms with van der Waals surface area (Å²) in [6, 6.07) is 1.69. The predicted octanol–water partition coefficient (Wildman–Crippen LogP) is 2.61. The Balaban J connectivity index is 1.58. The average molecular weight is 279 g/mol. The number of aromatic amines is 1. The summed E-state index contributed by atoms with van der Waals surface area (Å²) in [4.78, 5) is 4.35. The molecule has 7 heteroatoms. The van der Waals surface area contributed by atoms with E-state index < -0.39 is 0 Å². The third-order valence-corrected chi connectivity index (χ3v) is 4.66. The first-order valence-electron chi connectivity index (χ1n) is 6.57. The van der Waals surface area contributed by atoms with Crippen molar-refractivity contribution in [1.29, 1.82) is 0 Å². The van der Waals surface area contributed by atoms with Gasteiger partial charge >= 0.3 is 0 Å². The van der Waals surface area contributed by atoms with Crippen LogP contribution in [0.3, 0.4) is 0 Å². The lowest BCUT2D eigenvalue weighted by molar-refractivity contribution is 0.423. The van der Waals surface area contributed by atoms with Crippen LogP contribution in [0.25, 0.3) is 11.6 Å². The van der Waals surface area contributed by atoms with Crippen molar-refractivity contribution < 1.29 is 4.52 Å². The summed E-state index contributed by atoms with van der Waals surface area (Å²) in [7, 11) is 0. The van der Waals surface area contributed by atoms with Crippen LogP contribution in [0.15, 0.2) is 10.6 Å². The van der Waals surface area contributed by atoms with E-state index >= 15 is 0 Å². The minimum absolute atomic E-state index is 0.423. The van der Waals surface area contributed by atoms with Crippen LogP contribution in [0.5, 0.6) is 0 Å². The first-order valence-corrected chi connectivity index (χ1v) is 7.61. The number of anilines is 1. The molecule has 0 aromatic carbocycles. The molecule has 2 aromatic heterocycles. The Bertz CT molecular complexity index is 532. The molecule has 2 heterocycles. The number of hydrogen-bond acceptors (Lipinski definition) is 6. The highest BCUT2D eigenvalue weighted by Gasteiger charge is 2.16. The van der Waals surface area contributed by atoms with Gasteiger partial charge in [-0.1, -0.05) is 24.4 Å². The van der Waals surface area contributed by atoms with E-state index in [2.05, 4.69) is 20.3 Å². The van der Waals surface area contributed by atoms with E-state index in [9.17, 15) is 0 Å². The SMILES string of the molecule is Nc1cc(-c2nc(CSC3CCCCC3)no2)[nH]n1. The summed E-state index contributed by atoms with van der Waals surface area (Å²) in [5, 5.41) is 11.3. The van der Waals surface area contributed by atoms with Crippen LogP contribution in [-0.4, -0.2) is 25.6 Å². The fourth-order valence-electron chi connectivity index (χ4n) is 2.29. The minimum atomic E-state index is 0.423. The van der Waals surface area contributed by atoms with Crippen LogP contribution in [0.1, 0.15) is 37.9 Å². The van der Waals surface area contributed by atoms with Gasteiger partial charge in [0, 0.05) is 11.3 Å². The summed E-state index contributed by atoms with van der Waals surface area (Å²) >= 11 is 1.93. The Morgan fingerprint density at radius 3 is 2.95 bits per heavy atom. The van der Waals surface area contributed by atoms with Crippen LogP contribution in [0.4, 0.5) is 5.82 Å². The molecule has 19 heavy (non-hydrogen) atoms. The molecule has 3 N–H and O–H groups in total. The third-order valence-electron chi connectivity index (χ3n) is 3.30. The highest BCUT2D eigenvalue weighted by Crippen LogP contribution is 2.30. The molecule has 0 amide bonds. The van der Waals surface area contributed by atoms with E-state index in [-0.39, 0.29) is 0 Å². The maximum absolute atomic E-state index is 5.54. The van der Waals surface area contributed by atoms with Gasteiger partial charge in [0.05, 0.1) is 5.75 Å². The molecule has 3 rings (SSSR count). The van der Waals surface area contributed by atoms with Crippen molar-refractivity contribution in [3.05, 3.63) is 11.9 Å². The fraction of sp³-hybridized carbons (Fsp3) is 0.583. The van der Waals surface area contributed by atoms with Gasteiger partial charge in [0.25, 0.3) is 5.89 Å². The number of nitrogen functional groups attached to an aromatic ring is 1. The highest BCUT2D eigenvalue weighted by atomic mass is 32.2. The Hall–Kier alpha value is -1.50. The van der Waals surface area contributed by atoms with E-state index in [1.54, 1.807) is 6.07 Å². The molecule has 2 aromatic rings. The molecule has 0 unspecified atom stereocenters. The molecular weight excluding hydrogens is 262 g/mol. The lowest BCUT2D eigenvalue weighted by atomic mass is 10.0. The molecule has 0 aliphatic heterocycles. The zero-order valence-corrected chi connectivity index (χ0v) is 11.4. The summed E-state index contributed by atoms with van der Waals surface area (Å²) in [5.41, 5.74) is 6.21. The number of hydrogen-bond donors (Lipinski definition) is 2. The van der Waals surface area contributed by atoms with Crippen LogP contribution in [0, 0.1) is 0 Å². The third kappa shape index (κ3) is 3.09. The number of nitrogens with one attached hydrogen (secondary N) is 1. The number of nitrogens with zero attached hydrogens (tertiary/aromatic N) is 3. The Morgan fingerprint density at radius 1 is 1.37 bits per heavy atom. The Kier molecular flexibility index (Phi) is 3.72.